The van der Waals surface area contributed by atoms with Crippen molar-refractivity contribution < 1.29 is 28.3 Å². The van der Waals surface area contributed by atoms with Crippen LogP contribution in [0, 0.1) is 0 Å². The van der Waals surface area contributed by atoms with Gasteiger partial charge in [0.25, 0.3) is 0 Å². The molecule has 0 radical (unpaired) electrons. The summed E-state index contributed by atoms with van der Waals surface area (Å²) >= 11 is 0. The molecule has 0 aromatic heterocycles. The summed E-state index contributed by atoms with van der Waals surface area (Å²) in [6.45, 7) is 2.15. The van der Waals surface area contributed by atoms with E-state index >= 15 is 0 Å². The molecule has 0 saturated heterocycles. The first-order valence-corrected chi connectivity index (χ1v) is 8.84. The number of rotatable bonds is 9. The van der Waals surface area contributed by atoms with Crippen LogP contribution < -0.4 is 0 Å². The van der Waals surface area contributed by atoms with Gasteiger partial charge in [-0.15, -0.1) is 0 Å². The second-order valence-electron chi connectivity index (χ2n) is 3.69. The van der Waals surface area contributed by atoms with E-state index in [2.05, 4.69) is 11.4 Å². The Morgan fingerprint density at radius 1 is 1.00 bits per heavy atom. The van der Waals surface area contributed by atoms with Gasteiger partial charge in [-0.2, -0.15) is 0 Å². The highest BCUT2D eigenvalue weighted by atomic mass is 31.2. The average Bonchev–Trinajstić information content (AvgIpc) is 2.06. The molecule has 1 atom stereocenters. The van der Waals surface area contributed by atoms with Crippen LogP contribution in [0.3, 0.4) is 0 Å². The third kappa shape index (κ3) is 10.8. The molecule has 0 aromatic carbocycles. The Kier molecular flexibility index (Phi) is 7.73. The van der Waals surface area contributed by atoms with Crippen LogP contribution in [0.5, 0.6) is 0 Å². The van der Waals surface area contributed by atoms with Crippen molar-refractivity contribution in [1.82, 2.24) is 0 Å². The van der Waals surface area contributed by atoms with Crippen LogP contribution in [-0.2, 0) is 13.7 Å². The summed E-state index contributed by atoms with van der Waals surface area (Å²) in [5, 5.41) is 0. The van der Waals surface area contributed by atoms with E-state index in [1.54, 1.807) is 0 Å². The molecule has 1 unspecified atom stereocenters. The van der Waals surface area contributed by atoms with Gasteiger partial charge >= 0.3 is 15.2 Å². The van der Waals surface area contributed by atoms with Gasteiger partial charge in [0.15, 0.2) is 5.90 Å². The summed E-state index contributed by atoms with van der Waals surface area (Å²) in [5.41, 5.74) is 0. The lowest BCUT2D eigenvalue weighted by molar-refractivity contribution is 0.253. The Bertz CT molecular complexity index is 274. The maximum Gasteiger partial charge on any atom is 0.340 e. The van der Waals surface area contributed by atoms with Gasteiger partial charge < -0.3 is 19.2 Å². The second-order valence-corrected chi connectivity index (χ2v) is 7.68. The summed E-state index contributed by atoms with van der Waals surface area (Å²) in [6, 6.07) is 0. The van der Waals surface area contributed by atoms with Gasteiger partial charge in [0.2, 0.25) is 0 Å². The molecule has 0 bridgehead atoms. The van der Waals surface area contributed by atoms with E-state index in [9.17, 15) is 9.13 Å². The van der Waals surface area contributed by atoms with Crippen LogP contribution in [0.2, 0.25) is 0 Å². The summed E-state index contributed by atoms with van der Waals surface area (Å²) in [5.74, 6) is -1.10. The summed E-state index contributed by atoms with van der Waals surface area (Å²) in [7, 11) is -8.62. The standard InChI is InChI=1S/C8H20O6P2/c1-2-3-4-5-6-7-14-16(12,13)8-15(9,10)11/h2-8H2,1H3,(H,12,13)(H2,9,10,11). The fourth-order valence-electron chi connectivity index (χ4n) is 1.19. The monoisotopic (exact) mass is 274 g/mol. The molecular formula is C8H20O6P2. The van der Waals surface area contributed by atoms with Gasteiger partial charge in [0.05, 0.1) is 6.61 Å². The van der Waals surface area contributed by atoms with E-state index in [0.29, 0.717) is 6.42 Å². The largest absolute Gasteiger partial charge is 0.340 e. The molecule has 0 amide bonds. The maximum atomic E-state index is 11.2. The Hall–Kier alpha value is 0.300. The molecule has 16 heavy (non-hydrogen) atoms. The van der Waals surface area contributed by atoms with Gasteiger partial charge in [-0.1, -0.05) is 32.6 Å². The predicted octanol–water partition coefficient (Wildman–Crippen LogP) is 2.29. The van der Waals surface area contributed by atoms with E-state index in [4.69, 9.17) is 14.7 Å². The quantitative estimate of drug-likeness (QED) is 0.440. The summed E-state index contributed by atoms with van der Waals surface area (Å²) in [4.78, 5) is 26.1. The number of unbranched alkanes of at least 4 members (excludes halogenated alkanes) is 4. The van der Waals surface area contributed by atoms with Gasteiger partial charge in [0, 0.05) is 0 Å². The first-order valence-electron chi connectivity index (χ1n) is 5.28. The van der Waals surface area contributed by atoms with Gasteiger partial charge in [-0.25, -0.2) is 0 Å². The third-order valence-corrected chi connectivity index (χ3v) is 5.39. The molecule has 98 valence electrons. The summed E-state index contributed by atoms with van der Waals surface area (Å²) in [6.07, 6.45) is 4.78. The van der Waals surface area contributed by atoms with Gasteiger partial charge in [-0.3, -0.25) is 9.13 Å². The molecule has 0 fully saturated rings. The molecule has 0 spiro atoms. The van der Waals surface area contributed by atoms with Crippen LogP contribution >= 0.6 is 15.2 Å². The fraction of sp³-hybridized carbons (Fsp3) is 1.00. The predicted molar refractivity (Wildman–Crippen MR) is 61.4 cm³/mol. The van der Waals surface area contributed by atoms with Crippen LogP contribution in [0.4, 0.5) is 0 Å². The SMILES string of the molecule is CCCCCCCOP(=O)(O)CP(=O)(O)O. The summed E-state index contributed by atoms with van der Waals surface area (Å²) < 4.78 is 26.3. The zero-order valence-electron chi connectivity index (χ0n) is 9.41. The highest BCUT2D eigenvalue weighted by molar-refractivity contribution is 7.70. The van der Waals surface area contributed by atoms with Crippen molar-refractivity contribution in [3.05, 3.63) is 0 Å². The van der Waals surface area contributed by atoms with E-state index < -0.39 is 21.1 Å². The Labute approximate surface area is 95.7 Å². The smallest absolute Gasteiger partial charge is 0.324 e. The lowest BCUT2D eigenvalue weighted by atomic mass is 10.2. The fourth-order valence-corrected chi connectivity index (χ4v) is 3.79. The molecule has 0 aliphatic carbocycles. The van der Waals surface area contributed by atoms with Crippen molar-refractivity contribution in [3.8, 4) is 0 Å². The highest BCUT2D eigenvalue weighted by Gasteiger charge is 2.30. The minimum absolute atomic E-state index is 0.0670. The lowest BCUT2D eigenvalue weighted by Crippen LogP contribution is -1.98. The van der Waals surface area contributed by atoms with Crippen molar-refractivity contribution in [2.45, 2.75) is 39.0 Å². The lowest BCUT2D eigenvalue weighted by Gasteiger charge is -2.12. The molecule has 0 aromatic rings. The van der Waals surface area contributed by atoms with Crippen molar-refractivity contribution in [3.63, 3.8) is 0 Å². The minimum Gasteiger partial charge on any atom is -0.324 e. The average molecular weight is 274 g/mol. The van der Waals surface area contributed by atoms with E-state index in [1.165, 1.54) is 0 Å². The van der Waals surface area contributed by atoms with Gasteiger partial charge in [0.1, 0.15) is 0 Å². The topological polar surface area (TPSA) is 104 Å². The molecule has 6 nitrogen and oxygen atoms in total. The first-order chi connectivity index (χ1) is 7.27. The molecule has 8 heteroatoms. The Morgan fingerprint density at radius 2 is 1.56 bits per heavy atom. The molecular weight excluding hydrogens is 254 g/mol. The van der Waals surface area contributed by atoms with E-state index in [0.717, 1.165) is 25.7 Å². The zero-order chi connectivity index (χ0) is 12.7. The zero-order valence-corrected chi connectivity index (χ0v) is 11.2. The molecule has 0 heterocycles. The van der Waals surface area contributed by atoms with Crippen LogP contribution in [-0.4, -0.2) is 27.2 Å². The third-order valence-electron chi connectivity index (χ3n) is 1.90. The minimum atomic E-state index is -4.49. The van der Waals surface area contributed by atoms with Crippen molar-refractivity contribution in [1.29, 1.82) is 0 Å². The Morgan fingerprint density at radius 3 is 2.06 bits per heavy atom. The van der Waals surface area contributed by atoms with Crippen molar-refractivity contribution in [2.24, 2.45) is 0 Å². The normalized spacial score (nSPS) is 16.0. The molecule has 0 rings (SSSR count). The number of hydrogen-bond acceptors (Lipinski definition) is 3. The molecule has 0 saturated carbocycles. The molecule has 3 N–H and O–H groups in total. The second kappa shape index (κ2) is 7.59. The van der Waals surface area contributed by atoms with E-state index in [-0.39, 0.29) is 6.61 Å². The Balaban J connectivity index is 3.67. The highest BCUT2D eigenvalue weighted by Crippen LogP contribution is 2.55. The van der Waals surface area contributed by atoms with Crippen LogP contribution in [0.1, 0.15) is 39.0 Å². The molecule has 0 aliphatic heterocycles. The first kappa shape index (κ1) is 16.3. The van der Waals surface area contributed by atoms with Crippen molar-refractivity contribution in [2.75, 3.05) is 12.5 Å². The van der Waals surface area contributed by atoms with Gasteiger partial charge in [-0.05, 0) is 6.42 Å². The van der Waals surface area contributed by atoms with E-state index in [1.807, 2.05) is 0 Å². The molecule has 0 aliphatic rings. The van der Waals surface area contributed by atoms with Crippen LogP contribution in [0.25, 0.3) is 0 Å². The number of hydrogen-bond donors (Lipinski definition) is 3. The maximum absolute atomic E-state index is 11.2. The van der Waals surface area contributed by atoms with Crippen molar-refractivity contribution >= 4 is 15.2 Å². The van der Waals surface area contributed by atoms with Crippen LogP contribution in [0.15, 0.2) is 0 Å².